The summed E-state index contributed by atoms with van der Waals surface area (Å²) in [7, 11) is 5.60. The van der Waals surface area contributed by atoms with Crippen LogP contribution in [0.1, 0.15) is 28.5 Å². The van der Waals surface area contributed by atoms with Crippen molar-refractivity contribution in [3.05, 3.63) is 16.1 Å². The maximum atomic E-state index is 11.9. The van der Waals surface area contributed by atoms with Gasteiger partial charge in [0.1, 0.15) is 5.01 Å². The van der Waals surface area contributed by atoms with Gasteiger partial charge in [0.25, 0.3) is 0 Å². The Kier molecular flexibility index (Phi) is 5.90. The normalized spacial score (nSPS) is 12.2. The fraction of sp³-hybridized carbons (Fsp3) is 0.583. The summed E-state index contributed by atoms with van der Waals surface area (Å²) in [6.07, 6.45) is 0. The Bertz CT molecular complexity index is 475. The molecule has 1 heterocycles. The highest BCUT2D eigenvalue weighted by Gasteiger charge is 2.17. The molecule has 1 rings (SSSR count). The van der Waals surface area contributed by atoms with Crippen LogP contribution in [0.5, 0.6) is 0 Å². The Morgan fingerprint density at radius 1 is 1.40 bits per heavy atom. The molecular formula is C12H20N4O3S. The van der Waals surface area contributed by atoms with Crippen molar-refractivity contribution in [1.82, 2.24) is 20.1 Å². The van der Waals surface area contributed by atoms with Crippen LogP contribution < -0.4 is 5.32 Å². The fourth-order valence-electron chi connectivity index (χ4n) is 1.39. The number of amides is 2. The third-order valence-corrected chi connectivity index (χ3v) is 3.71. The van der Waals surface area contributed by atoms with E-state index in [1.807, 2.05) is 19.0 Å². The molecule has 0 bridgehead atoms. The molecule has 0 saturated heterocycles. The van der Waals surface area contributed by atoms with Crippen LogP contribution in [0.3, 0.4) is 0 Å². The van der Waals surface area contributed by atoms with Gasteiger partial charge in [0.05, 0.1) is 6.04 Å². The Labute approximate surface area is 122 Å². The van der Waals surface area contributed by atoms with Gasteiger partial charge in [-0.15, -0.1) is 11.3 Å². The summed E-state index contributed by atoms with van der Waals surface area (Å²) in [4.78, 5) is 30.2. The predicted molar refractivity (Wildman–Crippen MR) is 77.2 cm³/mol. The van der Waals surface area contributed by atoms with Gasteiger partial charge in [-0.3, -0.25) is 0 Å². The first-order valence-electron chi connectivity index (χ1n) is 6.16. The number of hydrogen-bond donors (Lipinski definition) is 2. The number of carbonyl (C=O) groups is 2. The maximum Gasteiger partial charge on any atom is 0.355 e. The first-order valence-corrected chi connectivity index (χ1v) is 7.04. The number of nitrogens with zero attached hydrogens (tertiary/aromatic N) is 3. The number of aromatic carboxylic acids is 1. The number of carboxylic acid groups (broad SMARTS) is 1. The summed E-state index contributed by atoms with van der Waals surface area (Å²) >= 11 is 1.22. The molecular weight excluding hydrogens is 280 g/mol. The maximum absolute atomic E-state index is 11.9. The number of nitrogens with one attached hydrogen (secondary N) is 1. The van der Waals surface area contributed by atoms with Gasteiger partial charge in [0.15, 0.2) is 5.69 Å². The fourth-order valence-corrected chi connectivity index (χ4v) is 2.19. The van der Waals surface area contributed by atoms with E-state index in [9.17, 15) is 9.59 Å². The number of carbonyl (C=O) groups excluding carboxylic acids is 1. The molecule has 0 saturated carbocycles. The number of aromatic nitrogens is 1. The molecule has 2 amide bonds. The van der Waals surface area contributed by atoms with E-state index in [0.717, 1.165) is 6.54 Å². The summed E-state index contributed by atoms with van der Waals surface area (Å²) in [5, 5.41) is 13.7. The van der Waals surface area contributed by atoms with E-state index in [2.05, 4.69) is 10.3 Å². The summed E-state index contributed by atoms with van der Waals surface area (Å²) < 4.78 is 0. The topological polar surface area (TPSA) is 85.8 Å². The Hall–Kier alpha value is -1.67. The van der Waals surface area contributed by atoms with Gasteiger partial charge in [0.2, 0.25) is 0 Å². The second-order valence-electron chi connectivity index (χ2n) is 4.77. The zero-order valence-electron chi connectivity index (χ0n) is 12.1. The van der Waals surface area contributed by atoms with Gasteiger partial charge in [-0.2, -0.15) is 0 Å². The molecule has 112 valence electrons. The van der Waals surface area contributed by atoms with Crippen LogP contribution in [0.15, 0.2) is 5.38 Å². The lowest BCUT2D eigenvalue weighted by atomic mass is 10.3. The van der Waals surface area contributed by atoms with Gasteiger partial charge >= 0.3 is 12.0 Å². The van der Waals surface area contributed by atoms with Crippen LogP contribution in [-0.2, 0) is 0 Å². The molecule has 7 nitrogen and oxygen atoms in total. The van der Waals surface area contributed by atoms with E-state index in [1.165, 1.54) is 16.7 Å². The molecule has 0 aliphatic rings. The monoisotopic (exact) mass is 300 g/mol. The number of rotatable bonds is 6. The number of hydrogen-bond acceptors (Lipinski definition) is 5. The van der Waals surface area contributed by atoms with Crippen molar-refractivity contribution < 1.29 is 14.7 Å². The van der Waals surface area contributed by atoms with Gasteiger partial charge in [0, 0.05) is 25.5 Å². The molecule has 8 heteroatoms. The largest absolute Gasteiger partial charge is 0.476 e. The molecule has 0 radical (unpaired) electrons. The average Bonchev–Trinajstić information content (AvgIpc) is 2.85. The molecule has 1 aromatic rings. The van der Waals surface area contributed by atoms with Crippen LogP contribution in [0, 0.1) is 0 Å². The lowest BCUT2D eigenvalue weighted by molar-refractivity contribution is 0.0691. The van der Waals surface area contributed by atoms with Crippen molar-refractivity contribution in [3.8, 4) is 0 Å². The van der Waals surface area contributed by atoms with E-state index in [-0.39, 0.29) is 17.8 Å². The van der Waals surface area contributed by atoms with Crippen molar-refractivity contribution in [3.63, 3.8) is 0 Å². The molecule has 2 N–H and O–H groups in total. The zero-order valence-corrected chi connectivity index (χ0v) is 12.9. The number of carboxylic acids is 1. The second-order valence-corrected chi connectivity index (χ2v) is 5.66. The van der Waals surface area contributed by atoms with Crippen molar-refractivity contribution >= 4 is 23.3 Å². The van der Waals surface area contributed by atoms with Crippen LogP contribution in [0.2, 0.25) is 0 Å². The lowest BCUT2D eigenvalue weighted by Crippen LogP contribution is -2.41. The van der Waals surface area contributed by atoms with Crippen molar-refractivity contribution in [2.24, 2.45) is 0 Å². The van der Waals surface area contributed by atoms with Crippen molar-refractivity contribution in [2.45, 2.75) is 13.0 Å². The summed E-state index contributed by atoms with van der Waals surface area (Å²) in [6, 6.07) is -0.520. The number of urea groups is 1. The molecule has 1 atom stereocenters. The smallest absolute Gasteiger partial charge is 0.355 e. The van der Waals surface area contributed by atoms with Crippen molar-refractivity contribution in [2.75, 3.05) is 34.2 Å². The van der Waals surface area contributed by atoms with Gasteiger partial charge < -0.3 is 20.2 Å². The molecule has 0 spiro atoms. The minimum Gasteiger partial charge on any atom is -0.476 e. The summed E-state index contributed by atoms with van der Waals surface area (Å²) in [6.45, 7) is 3.17. The zero-order chi connectivity index (χ0) is 15.3. The molecule has 0 aliphatic heterocycles. The summed E-state index contributed by atoms with van der Waals surface area (Å²) in [5.41, 5.74) is 0.00654. The van der Waals surface area contributed by atoms with Gasteiger partial charge in [-0.1, -0.05) is 0 Å². The first-order chi connectivity index (χ1) is 9.31. The highest BCUT2D eigenvalue weighted by molar-refractivity contribution is 7.09. The minimum absolute atomic E-state index is 0.00654. The third-order valence-electron chi connectivity index (χ3n) is 2.68. The lowest BCUT2D eigenvalue weighted by Gasteiger charge is -2.22. The van der Waals surface area contributed by atoms with E-state index in [4.69, 9.17) is 5.11 Å². The molecule has 1 aromatic heterocycles. The highest BCUT2D eigenvalue weighted by Crippen LogP contribution is 2.18. The molecule has 1 unspecified atom stereocenters. The van der Waals surface area contributed by atoms with E-state index in [0.29, 0.717) is 11.6 Å². The SMILES string of the molecule is CC(NC(=O)N(C)CCN(C)C)c1nc(C(=O)O)cs1. The van der Waals surface area contributed by atoms with Gasteiger partial charge in [-0.25, -0.2) is 14.6 Å². The van der Waals surface area contributed by atoms with Crippen LogP contribution in [0.4, 0.5) is 4.79 Å². The number of likely N-dealkylation sites (N-methyl/N-ethyl adjacent to an activating group) is 2. The standard InChI is InChI=1S/C12H20N4O3S/c1-8(10-14-9(7-20-10)11(17)18)13-12(19)16(4)6-5-15(2)3/h7-8H,5-6H2,1-4H3,(H,13,19)(H,17,18). The minimum atomic E-state index is -1.06. The third kappa shape index (κ3) is 4.78. The first kappa shape index (κ1) is 16.4. The van der Waals surface area contributed by atoms with Crippen LogP contribution >= 0.6 is 11.3 Å². The second kappa shape index (κ2) is 7.20. The average molecular weight is 300 g/mol. The molecule has 20 heavy (non-hydrogen) atoms. The van der Waals surface area contributed by atoms with Gasteiger partial charge in [-0.05, 0) is 21.0 Å². The highest BCUT2D eigenvalue weighted by atomic mass is 32.1. The quantitative estimate of drug-likeness (QED) is 0.822. The molecule has 0 aromatic carbocycles. The van der Waals surface area contributed by atoms with E-state index >= 15 is 0 Å². The Morgan fingerprint density at radius 3 is 2.55 bits per heavy atom. The molecule has 0 fully saturated rings. The van der Waals surface area contributed by atoms with Crippen LogP contribution in [0.25, 0.3) is 0 Å². The van der Waals surface area contributed by atoms with E-state index < -0.39 is 5.97 Å². The predicted octanol–water partition coefficient (Wildman–Crippen LogP) is 1.11. The van der Waals surface area contributed by atoms with E-state index in [1.54, 1.807) is 18.9 Å². The van der Waals surface area contributed by atoms with Crippen LogP contribution in [-0.4, -0.2) is 66.1 Å². The van der Waals surface area contributed by atoms with Crippen molar-refractivity contribution in [1.29, 1.82) is 0 Å². The molecule has 0 aliphatic carbocycles. The Morgan fingerprint density at radius 2 is 2.05 bits per heavy atom. The Balaban J connectivity index is 2.53. The number of thiazole rings is 1. The summed E-state index contributed by atoms with van der Waals surface area (Å²) in [5.74, 6) is -1.06.